The van der Waals surface area contributed by atoms with Crippen LogP contribution in [0, 0.1) is 11.6 Å². The molecule has 192 valence electrons. The van der Waals surface area contributed by atoms with Crippen LogP contribution < -0.4 is 16.1 Å². The first-order valence-corrected chi connectivity index (χ1v) is 11.1. The number of nitrogens with zero attached hydrogens (tertiary/aromatic N) is 4. The molecule has 0 unspecified atom stereocenters. The summed E-state index contributed by atoms with van der Waals surface area (Å²) < 4.78 is 35.6. The van der Waals surface area contributed by atoms with E-state index in [0.29, 0.717) is 22.8 Å². The van der Waals surface area contributed by atoms with E-state index in [0.717, 1.165) is 11.6 Å². The van der Waals surface area contributed by atoms with Gasteiger partial charge in [-0.1, -0.05) is 19.9 Å². The Morgan fingerprint density at radius 2 is 1.97 bits per heavy atom. The fourth-order valence-electron chi connectivity index (χ4n) is 3.68. The number of nitrogens with one attached hydrogen (secondary N) is 3. The van der Waals surface area contributed by atoms with Gasteiger partial charge in [0.25, 0.3) is 5.91 Å². The van der Waals surface area contributed by atoms with E-state index < -0.39 is 29.2 Å². The molecule has 0 bridgehead atoms. The monoisotopic (exact) mass is 511 g/mol. The molecule has 0 aliphatic carbocycles. The number of aromatic nitrogens is 4. The van der Waals surface area contributed by atoms with Gasteiger partial charge in [0.1, 0.15) is 30.1 Å². The van der Waals surface area contributed by atoms with Crippen molar-refractivity contribution in [1.82, 2.24) is 25.1 Å². The molecule has 0 saturated heterocycles. The largest absolute Gasteiger partial charge is 0.444 e. The number of rotatable bonds is 8. The second-order valence-electron chi connectivity index (χ2n) is 8.15. The van der Waals surface area contributed by atoms with Gasteiger partial charge in [-0.15, -0.1) is 0 Å². The SMILES string of the molecule is CONC(=O)c1cc(Nc2ncnn3cc(NC(=O)OCc4cccnc4)c(C(C)C)c23)c(F)cc1F. The zero-order valence-corrected chi connectivity index (χ0v) is 20.1. The van der Waals surface area contributed by atoms with Crippen LogP contribution in [0.1, 0.15) is 41.3 Å². The number of anilines is 3. The van der Waals surface area contributed by atoms with Crippen molar-refractivity contribution in [2.24, 2.45) is 0 Å². The number of amides is 2. The van der Waals surface area contributed by atoms with Crippen molar-refractivity contribution in [3.63, 3.8) is 0 Å². The smallest absolute Gasteiger partial charge is 0.412 e. The second kappa shape index (κ2) is 11.0. The molecule has 11 nitrogen and oxygen atoms in total. The summed E-state index contributed by atoms with van der Waals surface area (Å²) in [5.74, 6) is -2.87. The van der Waals surface area contributed by atoms with Crippen LogP contribution in [-0.2, 0) is 16.2 Å². The molecule has 0 aliphatic rings. The van der Waals surface area contributed by atoms with Gasteiger partial charge in [-0.3, -0.25) is 19.9 Å². The predicted octanol–water partition coefficient (Wildman–Crippen LogP) is 4.31. The Balaban J connectivity index is 1.66. The highest BCUT2D eigenvalue weighted by molar-refractivity contribution is 5.95. The number of pyridine rings is 1. The number of halogens is 2. The summed E-state index contributed by atoms with van der Waals surface area (Å²) in [5.41, 5.74) is 3.57. The van der Waals surface area contributed by atoms with Crippen LogP contribution in [0.3, 0.4) is 0 Å². The first-order chi connectivity index (χ1) is 17.8. The van der Waals surface area contributed by atoms with Crippen molar-refractivity contribution >= 4 is 34.7 Å². The minimum absolute atomic E-state index is 0.0273. The summed E-state index contributed by atoms with van der Waals surface area (Å²) in [5, 5.41) is 9.70. The Morgan fingerprint density at radius 3 is 2.68 bits per heavy atom. The Bertz CT molecular complexity index is 1440. The molecule has 0 saturated carbocycles. The molecule has 0 aliphatic heterocycles. The van der Waals surface area contributed by atoms with Crippen LogP contribution in [-0.4, -0.2) is 38.7 Å². The van der Waals surface area contributed by atoms with Crippen LogP contribution >= 0.6 is 0 Å². The molecular formula is C24H23F2N7O4. The van der Waals surface area contributed by atoms with Gasteiger partial charge in [-0.2, -0.15) is 5.10 Å². The highest BCUT2D eigenvalue weighted by atomic mass is 19.1. The summed E-state index contributed by atoms with van der Waals surface area (Å²) in [4.78, 5) is 37.3. The minimum Gasteiger partial charge on any atom is -0.444 e. The Hall–Kier alpha value is -4.65. The zero-order valence-electron chi connectivity index (χ0n) is 20.1. The third kappa shape index (κ3) is 5.62. The molecular weight excluding hydrogens is 488 g/mol. The maximum absolute atomic E-state index is 14.6. The van der Waals surface area contributed by atoms with Gasteiger partial charge >= 0.3 is 6.09 Å². The lowest BCUT2D eigenvalue weighted by Crippen LogP contribution is -2.23. The van der Waals surface area contributed by atoms with E-state index >= 15 is 0 Å². The van der Waals surface area contributed by atoms with Gasteiger partial charge in [0.05, 0.1) is 30.2 Å². The molecule has 0 spiro atoms. The van der Waals surface area contributed by atoms with E-state index in [1.807, 2.05) is 19.3 Å². The molecule has 0 fully saturated rings. The number of ether oxygens (including phenoxy) is 1. The first-order valence-electron chi connectivity index (χ1n) is 11.1. The van der Waals surface area contributed by atoms with E-state index in [1.165, 1.54) is 18.0 Å². The molecule has 37 heavy (non-hydrogen) atoms. The molecule has 3 aromatic heterocycles. The number of hydrogen-bond acceptors (Lipinski definition) is 8. The van der Waals surface area contributed by atoms with Gasteiger partial charge < -0.3 is 10.1 Å². The summed E-state index contributed by atoms with van der Waals surface area (Å²) in [6.45, 7) is 3.81. The molecule has 4 rings (SSSR count). The lowest BCUT2D eigenvalue weighted by atomic mass is 10.0. The summed E-state index contributed by atoms with van der Waals surface area (Å²) in [6, 6.07) is 5.10. The summed E-state index contributed by atoms with van der Waals surface area (Å²) in [6.07, 6.45) is 5.31. The van der Waals surface area contributed by atoms with Crippen LogP contribution in [0.2, 0.25) is 0 Å². The Kier molecular flexibility index (Phi) is 7.53. The van der Waals surface area contributed by atoms with Crippen molar-refractivity contribution in [3.05, 3.63) is 77.5 Å². The number of carbonyl (C=O) groups excluding carboxylic acids is 2. The number of benzene rings is 1. The van der Waals surface area contributed by atoms with Gasteiger partial charge in [-0.25, -0.2) is 28.6 Å². The van der Waals surface area contributed by atoms with E-state index in [1.54, 1.807) is 30.7 Å². The second-order valence-corrected chi connectivity index (χ2v) is 8.15. The van der Waals surface area contributed by atoms with E-state index in [-0.39, 0.29) is 24.0 Å². The molecule has 4 aromatic rings. The summed E-state index contributed by atoms with van der Waals surface area (Å²) in [7, 11) is 1.19. The third-order valence-corrected chi connectivity index (χ3v) is 5.27. The molecule has 3 heterocycles. The average molecular weight is 511 g/mol. The quantitative estimate of drug-likeness (QED) is 0.298. The number of hydrogen-bond donors (Lipinski definition) is 3. The van der Waals surface area contributed by atoms with Crippen LogP contribution in [0.25, 0.3) is 5.52 Å². The lowest BCUT2D eigenvalue weighted by Gasteiger charge is -2.13. The normalized spacial score (nSPS) is 11.0. The van der Waals surface area contributed by atoms with Crippen LogP contribution in [0.15, 0.2) is 49.2 Å². The average Bonchev–Trinajstić information content (AvgIpc) is 3.24. The summed E-state index contributed by atoms with van der Waals surface area (Å²) >= 11 is 0. The van der Waals surface area contributed by atoms with Crippen molar-refractivity contribution < 1.29 is 27.9 Å². The van der Waals surface area contributed by atoms with Crippen LogP contribution in [0.5, 0.6) is 0 Å². The number of hydroxylamine groups is 1. The minimum atomic E-state index is -1.06. The van der Waals surface area contributed by atoms with Crippen molar-refractivity contribution in [2.45, 2.75) is 26.4 Å². The van der Waals surface area contributed by atoms with Gasteiger partial charge in [0.2, 0.25) is 0 Å². The predicted molar refractivity (Wildman–Crippen MR) is 129 cm³/mol. The molecule has 0 radical (unpaired) electrons. The lowest BCUT2D eigenvalue weighted by molar-refractivity contribution is 0.0533. The molecule has 3 N–H and O–H groups in total. The molecule has 0 atom stereocenters. The molecule has 1 aromatic carbocycles. The maximum Gasteiger partial charge on any atom is 0.412 e. The van der Waals surface area contributed by atoms with Crippen molar-refractivity contribution in [2.75, 3.05) is 17.7 Å². The standard InChI is InChI=1S/C24H23F2N7O4/c1-13(2)20-19(31-24(35)37-11-14-5-4-6-27-9-14)10-33-21(20)22(28-12-29-33)30-18-7-15(23(34)32-36-3)16(25)8-17(18)26/h4-10,12-13H,11H2,1-3H3,(H,31,35)(H,32,34)(H,28,29,30). The number of fused-ring (bicyclic) bond motifs is 1. The third-order valence-electron chi connectivity index (χ3n) is 5.27. The molecule has 2 amide bonds. The van der Waals surface area contributed by atoms with Crippen molar-refractivity contribution in [1.29, 1.82) is 0 Å². The fraction of sp³-hybridized carbons (Fsp3) is 0.208. The highest BCUT2D eigenvalue weighted by Crippen LogP contribution is 2.35. The maximum atomic E-state index is 14.6. The fourth-order valence-corrected chi connectivity index (χ4v) is 3.68. The van der Waals surface area contributed by atoms with E-state index in [9.17, 15) is 18.4 Å². The van der Waals surface area contributed by atoms with Gasteiger partial charge in [-0.05, 0) is 18.1 Å². The number of carbonyl (C=O) groups is 2. The topological polar surface area (TPSA) is 132 Å². The van der Waals surface area contributed by atoms with Gasteiger partial charge in [0.15, 0.2) is 5.82 Å². The first kappa shape index (κ1) is 25.4. The van der Waals surface area contributed by atoms with E-state index in [2.05, 4.69) is 30.5 Å². The Labute approximate surface area is 209 Å². The van der Waals surface area contributed by atoms with Crippen LogP contribution in [0.4, 0.5) is 30.8 Å². The van der Waals surface area contributed by atoms with Gasteiger partial charge in [0, 0.05) is 29.6 Å². The highest BCUT2D eigenvalue weighted by Gasteiger charge is 2.22. The zero-order chi connectivity index (χ0) is 26.5. The Morgan fingerprint density at radius 1 is 1.16 bits per heavy atom. The van der Waals surface area contributed by atoms with Crippen molar-refractivity contribution in [3.8, 4) is 0 Å². The molecule has 13 heteroatoms. The van der Waals surface area contributed by atoms with E-state index in [4.69, 9.17) is 4.74 Å².